The molecule has 0 unspecified atom stereocenters. The average molecular weight is 205 g/mol. The maximum Gasteiger partial charge on any atom is 0.356 e. The molecule has 0 bridgehead atoms. The van der Waals surface area contributed by atoms with Crippen LogP contribution in [0.25, 0.3) is 0 Å². The topological polar surface area (TPSA) is 70.9 Å². The lowest BCUT2D eigenvalue weighted by Gasteiger charge is -1.99. The van der Waals surface area contributed by atoms with Crippen LogP contribution in [0.4, 0.5) is 0 Å². The van der Waals surface area contributed by atoms with Crippen molar-refractivity contribution < 1.29 is 9.90 Å². The Morgan fingerprint density at radius 3 is 3.00 bits per heavy atom. The molecule has 0 aliphatic heterocycles. The Morgan fingerprint density at radius 1 is 1.67 bits per heavy atom. The number of hydrogen-bond donors (Lipinski definition) is 2. The molecule has 0 aliphatic rings. The summed E-state index contributed by atoms with van der Waals surface area (Å²) >= 11 is 0. The van der Waals surface area contributed by atoms with E-state index in [0.29, 0.717) is 6.42 Å². The Hall–Kier alpha value is -2.04. The molecule has 78 valence electrons. The number of aromatic nitrogens is 3. The molecule has 2 aromatic rings. The molecular weight excluding hydrogens is 194 g/mol. The van der Waals surface area contributed by atoms with E-state index in [-0.39, 0.29) is 5.69 Å². The highest BCUT2D eigenvalue weighted by molar-refractivity contribution is 5.85. The summed E-state index contributed by atoms with van der Waals surface area (Å²) < 4.78 is 1.99. The lowest BCUT2D eigenvalue weighted by Crippen LogP contribution is -1.96. The van der Waals surface area contributed by atoms with Crippen LogP contribution in [0.2, 0.25) is 0 Å². The van der Waals surface area contributed by atoms with Gasteiger partial charge in [0.05, 0.1) is 0 Å². The van der Waals surface area contributed by atoms with Crippen molar-refractivity contribution in [2.75, 3.05) is 0 Å². The average Bonchev–Trinajstić information content (AvgIpc) is 2.77. The molecule has 15 heavy (non-hydrogen) atoms. The molecule has 0 fully saturated rings. The molecule has 5 heteroatoms. The van der Waals surface area contributed by atoms with Gasteiger partial charge in [0.15, 0.2) is 5.69 Å². The lowest BCUT2D eigenvalue weighted by atomic mass is 10.2. The van der Waals surface area contributed by atoms with E-state index in [2.05, 4.69) is 10.2 Å². The lowest BCUT2D eigenvalue weighted by molar-refractivity contribution is 0.0690. The first-order valence-electron chi connectivity index (χ1n) is 4.54. The number of carboxylic acid groups (broad SMARTS) is 1. The number of H-pyrrole nitrogens is 1. The molecule has 0 spiro atoms. The van der Waals surface area contributed by atoms with Crippen molar-refractivity contribution in [2.24, 2.45) is 7.05 Å². The van der Waals surface area contributed by atoms with Crippen LogP contribution < -0.4 is 0 Å². The SMILES string of the molecule is Cn1cccc1Cc1cc(C(=O)O)n[nH]1. The first kappa shape index (κ1) is 9.51. The molecule has 0 aliphatic carbocycles. The predicted octanol–water partition coefficient (Wildman–Crippen LogP) is 1.04. The van der Waals surface area contributed by atoms with E-state index in [1.807, 2.05) is 29.9 Å². The molecule has 2 aromatic heterocycles. The van der Waals surface area contributed by atoms with E-state index in [9.17, 15) is 4.79 Å². The van der Waals surface area contributed by atoms with Gasteiger partial charge in [-0.15, -0.1) is 0 Å². The Balaban J connectivity index is 2.18. The largest absolute Gasteiger partial charge is 0.476 e. The van der Waals surface area contributed by atoms with Crippen molar-refractivity contribution in [1.29, 1.82) is 0 Å². The van der Waals surface area contributed by atoms with E-state index < -0.39 is 5.97 Å². The van der Waals surface area contributed by atoms with E-state index in [1.54, 1.807) is 6.07 Å². The summed E-state index contributed by atoms with van der Waals surface area (Å²) in [5.74, 6) is -1.01. The molecule has 0 radical (unpaired) electrons. The minimum atomic E-state index is -1.01. The quantitative estimate of drug-likeness (QED) is 0.786. The third kappa shape index (κ3) is 1.90. The van der Waals surface area contributed by atoms with E-state index in [0.717, 1.165) is 11.4 Å². The molecule has 2 rings (SSSR count). The molecule has 0 aromatic carbocycles. The van der Waals surface area contributed by atoms with Gasteiger partial charge in [-0.05, 0) is 18.2 Å². The van der Waals surface area contributed by atoms with Crippen LogP contribution in [0.1, 0.15) is 21.9 Å². The highest BCUT2D eigenvalue weighted by Crippen LogP contribution is 2.08. The molecule has 0 saturated carbocycles. The van der Waals surface area contributed by atoms with Crippen LogP contribution >= 0.6 is 0 Å². The van der Waals surface area contributed by atoms with Crippen LogP contribution in [0.15, 0.2) is 24.4 Å². The Morgan fingerprint density at radius 2 is 2.47 bits per heavy atom. The third-order valence-electron chi connectivity index (χ3n) is 2.27. The highest BCUT2D eigenvalue weighted by Gasteiger charge is 2.08. The fraction of sp³-hybridized carbons (Fsp3) is 0.200. The number of hydrogen-bond acceptors (Lipinski definition) is 2. The minimum absolute atomic E-state index is 0.0548. The van der Waals surface area contributed by atoms with Gasteiger partial charge in [0.25, 0.3) is 0 Å². The number of carbonyl (C=O) groups is 1. The van der Waals surface area contributed by atoms with Crippen molar-refractivity contribution in [2.45, 2.75) is 6.42 Å². The monoisotopic (exact) mass is 205 g/mol. The van der Waals surface area contributed by atoms with Crippen LogP contribution in [0.3, 0.4) is 0 Å². The van der Waals surface area contributed by atoms with Gasteiger partial charge >= 0.3 is 5.97 Å². The smallest absolute Gasteiger partial charge is 0.356 e. The normalized spacial score (nSPS) is 10.5. The standard InChI is InChI=1S/C10H11N3O2/c1-13-4-2-3-8(13)5-7-6-9(10(14)15)12-11-7/h2-4,6H,5H2,1H3,(H,11,12)(H,14,15). The fourth-order valence-corrected chi connectivity index (χ4v) is 1.44. The number of nitrogens with zero attached hydrogens (tertiary/aromatic N) is 2. The van der Waals surface area contributed by atoms with Gasteiger partial charge in [0.1, 0.15) is 0 Å². The number of rotatable bonds is 3. The minimum Gasteiger partial charge on any atom is -0.476 e. The zero-order chi connectivity index (χ0) is 10.8. The van der Waals surface area contributed by atoms with Crippen LogP contribution in [-0.2, 0) is 13.5 Å². The van der Waals surface area contributed by atoms with Crippen molar-refractivity contribution in [1.82, 2.24) is 14.8 Å². The van der Waals surface area contributed by atoms with Crippen LogP contribution in [-0.4, -0.2) is 25.8 Å². The van der Waals surface area contributed by atoms with Crippen molar-refractivity contribution in [3.63, 3.8) is 0 Å². The summed E-state index contributed by atoms with van der Waals surface area (Å²) in [7, 11) is 1.95. The summed E-state index contributed by atoms with van der Waals surface area (Å²) in [6.45, 7) is 0. The van der Waals surface area contributed by atoms with Gasteiger partial charge in [0, 0.05) is 31.1 Å². The molecule has 0 saturated heterocycles. The number of aromatic carboxylic acids is 1. The highest BCUT2D eigenvalue weighted by atomic mass is 16.4. The number of nitrogens with one attached hydrogen (secondary N) is 1. The number of carboxylic acids is 1. The zero-order valence-electron chi connectivity index (χ0n) is 8.27. The molecule has 0 amide bonds. The van der Waals surface area contributed by atoms with Crippen LogP contribution in [0, 0.1) is 0 Å². The summed E-state index contributed by atoms with van der Waals surface area (Å²) in [4.78, 5) is 10.6. The van der Waals surface area contributed by atoms with Gasteiger partial charge in [-0.2, -0.15) is 5.10 Å². The second-order valence-corrected chi connectivity index (χ2v) is 3.37. The number of aryl methyl sites for hydroxylation is 1. The molecular formula is C10H11N3O2. The molecule has 2 N–H and O–H groups in total. The van der Waals surface area contributed by atoms with Gasteiger partial charge in [-0.25, -0.2) is 4.79 Å². The van der Waals surface area contributed by atoms with E-state index in [1.165, 1.54) is 0 Å². The van der Waals surface area contributed by atoms with Crippen molar-refractivity contribution in [3.05, 3.63) is 41.5 Å². The van der Waals surface area contributed by atoms with E-state index in [4.69, 9.17) is 5.11 Å². The second-order valence-electron chi connectivity index (χ2n) is 3.37. The summed E-state index contributed by atoms with van der Waals surface area (Å²) in [6.07, 6.45) is 2.60. The summed E-state index contributed by atoms with van der Waals surface area (Å²) in [6, 6.07) is 5.49. The molecule has 0 atom stereocenters. The Labute approximate surface area is 86.4 Å². The molecule has 5 nitrogen and oxygen atoms in total. The Kier molecular flexibility index (Phi) is 2.29. The van der Waals surface area contributed by atoms with Gasteiger partial charge in [-0.1, -0.05) is 0 Å². The maximum absolute atomic E-state index is 10.6. The Bertz CT molecular complexity index is 484. The van der Waals surface area contributed by atoms with Crippen molar-refractivity contribution >= 4 is 5.97 Å². The molecule has 2 heterocycles. The van der Waals surface area contributed by atoms with Crippen LogP contribution in [0.5, 0.6) is 0 Å². The van der Waals surface area contributed by atoms with Gasteiger partial charge in [-0.3, -0.25) is 5.10 Å². The van der Waals surface area contributed by atoms with Gasteiger partial charge < -0.3 is 9.67 Å². The maximum atomic E-state index is 10.6. The fourth-order valence-electron chi connectivity index (χ4n) is 1.44. The van der Waals surface area contributed by atoms with Crippen molar-refractivity contribution in [3.8, 4) is 0 Å². The van der Waals surface area contributed by atoms with Gasteiger partial charge in [0.2, 0.25) is 0 Å². The second kappa shape index (κ2) is 3.61. The first-order valence-corrected chi connectivity index (χ1v) is 4.54. The first-order chi connectivity index (χ1) is 7.16. The third-order valence-corrected chi connectivity index (χ3v) is 2.27. The zero-order valence-corrected chi connectivity index (χ0v) is 8.27. The predicted molar refractivity (Wildman–Crippen MR) is 53.8 cm³/mol. The summed E-state index contributed by atoms with van der Waals surface area (Å²) in [5.41, 5.74) is 1.96. The number of aromatic amines is 1. The summed E-state index contributed by atoms with van der Waals surface area (Å²) in [5, 5.41) is 15.1. The van der Waals surface area contributed by atoms with E-state index >= 15 is 0 Å².